The van der Waals surface area contributed by atoms with Crippen molar-refractivity contribution in [1.29, 1.82) is 0 Å². The van der Waals surface area contributed by atoms with E-state index in [1.54, 1.807) is 0 Å². The van der Waals surface area contributed by atoms with Gasteiger partial charge in [-0.2, -0.15) is 0 Å². The molecule has 3 fully saturated rings. The lowest BCUT2D eigenvalue weighted by atomic mass is 9.87. The van der Waals surface area contributed by atoms with Crippen LogP contribution in [-0.4, -0.2) is 149 Å². The number of hydrogen-bond donors (Lipinski definition) is 4. The van der Waals surface area contributed by atoms with Gasteiger partial charge in [0, 0.05) is 86.7 Å². The van der Waals surface area contributed by atoms with Crippen LogP contribution in [0.5, 0.6) is 0 Å². The normalized spacial score (nSPS) is 23.4. The zero-order chi connectivity index (χ0) is 42.5. The van der Waals surface area contributed by atoms with Gasteiger partial charge >= 0.3 is 24.0 Å². The van der Waals surface area contributed by atoms with Crippen LogP contribution in [0.2, 0.25) is 0 Å². The van der Waals surface area contributed by atoms with E-state index in [0.717, 1.165) is 71.0 Å². The average molecular weight is 825 g/mol. The third-order valence-corrected chi connectivity index (χ3v) is 11.9. The molecule has 0 aromatic heterocycles. The number of nitrogens with zero attached hydrogens (tertiary/aromatic N) is 3. The Morgan fingerprint density at radius 3 is 1.66 bits per heavy atom. The fraction of sp³-hybridized carbons (Fsp3) is 0.818. The number of morpholine rings is 1. The van der Waals surface area contributed by atoms with Crippen molar-refractivity contribution in [1.82, 2.24) is 30.7 Å². The van der Waals surface area contributed by atoms with E-state index >= 15 is 0 Å². The molecule has 0 aromatic carbocycles. The summed E-state index contributed by atoms with van der Waals surface area (Å²) in [7, 11) is 2.86. The Kier molecular flexibility index (Phi) is 27.0. The van der Waals surface area contributed by atoms with Gasteiger partial charge in [-0.3, -0.25) is 14.5 Å². The molecule has 14 nitrogen and oxygen atoms in total. The second kappa shape index (κ2) is 30.8. The summed E-state index contributed by atoms with van der Waals surface area (Å²) in [6.45, 7) is 15.1. The van der Waals surface area contributed by atoms with Gasteiger partial charge in [0.2, 0.25) is 0 Å². The number of aliphatic hydroxyl groups excluding tert-OH is 1. The van der Waals surface area contributed by atoms with Crippen LogP contribution in [0.25, 0.3) is 0 Å². The standard InChI is InChI=1S/C42H74N6O8.C2H6.2H2/c1-5-7-9-13-35-33(31-39(50)54-3)15-17-37(35)47(23-21-43-22-28-49)41(52)44-19-11-12-20-45-42(53)48(25-24-46-26-29-56-30-27-46)38-18-16-34(32-40(51)55-4)36(38)14-10-8-6-2;1-2;;/h7-10,33-38,43,49H,5-6,11-32H2,1-4H3,(H,44,52)(H,45,53);1-2H3;2*1H/b9-7+,10-8+;;;. The van der Waals surface area contributed by atoms with Crippen molar-refractivity contribution >= 4 is 24.0 Å². The van der Waals surface area contributed by atoms with Crippen molar-refractivity contribution in [2.75, 3.05) is 92.9 Å². The maximum atomic E-state index is 14.0. The molecule has 1 heterocycles. The molecule has 0 radical (unpaired) electrons. The molecule has 1 saturated heterocycles. The van der Waals surface area contributed by atoms with Crippen molar-refractivity contribution < 1.29 is 41.3 Å². The van der Waals surface area contributed by atoms with Crippen molar-refractivity contribution in [3.05, 3.63) is 24.3 Å². The quantitative estimate of drug-likeness (QED) is 0.0500. The number of unbranched alkanes of at least 4 members (excludes halogenated alkanes) is 1. The van der Waals surface area contributed by atoms with E-state index in [0.29, 0.717) is 78.2 Å². The summed E-state index contributed by atoms with van der Waals surface area (Å²) in [6.07, 6.45) is 17.6. The number of esters is 2. The molecule has 3 aliphatic rings. The lowest BCUT2D eigenvalue weighted by Crippen LogP contribution is -2.52. The highest BCUT2D eigenvalue weighted by atomic mass is 16.5. The predicted octanol–water partition coefficient (Wildman–Crippen LogP) is 5.85. The Balaban J connectivity index is 0.00000857. The van der Waals surface area contributed by atoms with Crippen LogP contribution in [0.1, 0.15) is 108 Å². The number of amides is 4. The third kappa shape index (κ3) is 18.0. The Morgan fingerprint density at radius 2 is 1.21 bits per heavy atom. The van der Waals surface area contributed by atoms with Gasteiger partial charge in [-0.1, -0.05) is 52.0 Å². The molecule has 0 spiro atoms. The highest BCUT2D eigenvalue weighted by molar-refractivity contribution is 5.75. The maximum absolute atomic E-state index is 14.0. The lowest BCUT2D eigenvalue weighted by Gasteiger charge is -2.36. The number of nitrogens with one attached hydrogen (secondary N) is 3. The number of urea groups is 2. The molecule has 0 bridgehead atoms. The molecule has 2 aliphatic carbocycles. The molecule has 14 heteroatoms. The van der Waals surface area contributed by atoms with Crippen molar-refractivity contribution in [2.24, 2.45) is 23.7 Å². The first-order valence-corrected chi connectivity index (χ1v) is 22.4. The van der Waals surface area contributed by atoms with E-state index in [1.165, 1.54) is 14.2 Å². The zero-order valence-electron chi connectivity index (χ0n) is 36.9. The van der Waals surface area contributed by atoms with E-state index in [4.69, 9.17) is 14.2 Å². The molecule has 2 saturated carbocycles. The smallest absolute Gasteiger partial charge is 0.317 e. The number of carbonyl (C=O) groups excluding carboxylic acids is 4. The largest absolute Gasteiger partial charge is 0.469 e. The minimum atomic E-state index is -0.219. The Bertz CT molecular complexity index is 1230. The van der Waals surface area contributed by atoms with E-state index in [1.807, 2.05) is 23.6 Å². The molecule has 0 aromatic rings. The molecule has 58 heavy (non-hydrogen) atoms. The van der Waals surface area contributed by atoms with Gasteiger partial charge < -0.3 is 45.1 Å². The fourth-order valence-corrected chi connectivity index (χ4v) is 8.83. The Hall–Kier alpha value is -3.20. The second-order valence-corrected chi connectivity index (χ2v) is 15.4. The second-order valence-electron chi connectivity index (χ2n) is 15.4. The highest BCUT2D eigenvalue weighted by Crippen LogP contribution is 2.41. The van der Waals surface area contributed by atoms with Crippen LogP contribution in [0.15, 0.2) is 24.3 Å². The van der Waals surface area contributed by atoms with Gasteiger partial charge in [0.1, 0.15) is 0 Å². The topological polar surface area (TPSA) is 162 Å². The minimum absolute atomic E-state index is 0. The number of carbonyl (C=O) groups is 4. The number of aliphatic hydroxyl groups is 1. The van der Waals surface area contributed by atoms with Gasteiger partial charge in [-0.25, -0.2) is 9.59 Å². The summed E-state index contributed by atoms with van der Waals surface area (Å²) >= 11 is 0. The van der Waals surface area contributed by atoms with Crippen LogP contribution in [0.4, 0.5) is 9.59 Å². The van der Waals surface area contributed by atoms with Crippen LogP contribution in [0.3, 0.4) is 0 Å². The SMILES string of the molecule is CC.CC/C=C/CC1C(CC(=O)OC)CCC1N(CCNCCO)C(=O)NCCCCNC(=O)N(CCN1CCOCC1)C1CCC(CC(=O)OC)C1C/C=C/CC.[HH].[HH]. The number of rotatable bonds is 25. The summed E-state index contributed by atoms with van der Waals surface area (Å²) in [5.41, 5.74) is 0. The number of hydrogen-bond acceptors (Lipinski definition) is 10. The lowest BCUT2D eigenvalue weighted by molar-refractivity contribution is -0.143. The summed E-state index contributed by atoms with van der Waals surface area (Å²) in [5, 5.41) is 18.8. The Morgan fingerprint density at radius 1 is 0.724 bits per heavy atom. The third-order valence-electron chi connectivity index (χ3n) is 11.9. The van der Waals surface area contributed by atoms with E-state index in [2.05, 4.69) is 59.0 Å². The summed E-state index contributed by atoms with van der Waals surface area (Å²) in [5.74, 6) is 0.183. The minimum Gasteiger partial charge on any atom is -0.469 e. The first kappa shape index (κ1) is 50.9. The summed E-state index contributed by atoms with van der Waals surface area (Å²) in [6, 6.07) is -0.210. The van der Waals surface area contributed by atoms with Crippen molar-refractivity contribution in [3.63, 3.8) is 0 Å². The molecule has 6 atom stereocenters. The molecular weight excluding hydrogens is 741 g/mol. The van der Waals surface area contributed by atoms with E-state index in [-0.39, 0.29) is 69.2 Å². The monoisotopic (exact) mass is 825 g/mol. The van der Waals surface area contributed by atoms with Gasteiger partial charge in [0.25, 0.3) is 0 Å². The molecule has 338 valence electrons. The Labute approximate surface area is 353 Å². The van der Waals surface area contributed by atoms with Gasteiger partial charge in [0.05, 0.1) is 34.0 Å². The molecule has 1 aliphatic heterocycles. The van der Waals surface area contributed by atoms with Crippen LogP contribution < -0.4 is 16.0 Å². The average Bonchev–Trinajstić information content (AvgIpc) is 3.82. The van der Waals surface area contributed by atoms with E-state index < -0.39 is 0 Å². The van der Waals surface area contributed by atoms with Gasteiger partial charge in [-0.05, 0) is 87.9 Å². The molecule has 3 rings (SSSR count). The highest BCUT2D eigenvalue weighted by Gasteiger charge is 2.42. The molecular formula is C44H84N6O8. The summed E-state index contributed by atoms with van der Waals surface area (Å²) < 4.78 is 15.6. The first-order chi connectivity index (χ1) is 28.3. The molecule has 4 N–H and O–H groups in total. The fourth-order valence-electron chi connectivity index (χ4n) is 8.83. The van der Waals surface area contributed by atoms with Gasteiger partial charge in [-0.15, -0.1) is 0 Å². The van der Waals surface area contributed by atoms with Crippen molar-refractivity contribution in [2.45, 2.75) is 117 Å². The number of ether oxygens (including phenoxy) is 3. The van der Waals surface area contributed by atoms with Crippen LogP contribution in [0, 0.1) is 23.7 Å². The van der Waals surface area contributed by atoms with E-state index in [9.17, 15) is 24.3 Å². The van der Waals surface area contributed by atoms with Gasteiger partial charge in [0.15, 0.2) is 0 Å². The first-order valence-electron chi connectivity index (χ1n) is 22.4. The summed E-state index contributed by atoms with van der Waals surface area (Å²) in [4.78, 5) is 58.6. The van der Waals surface area contributed by atoms with Crippen LogP contribution in [-0.2, 0) is 23.8 Å². The molecule has 4 amide bonds. The predicted molar refractivity (Wildman–Crippen MR) is 234 cm³/mol. The van der Waals surface area contributed by atoms with Crippen molar-refractivity contribution in [3.8, 4) is 0 Å². The zero-order valence-corrected chi connectivity index (χ0v) is 36.9. The van der Waals surface area contributed by atoms with Crippen LogP contribution >= 0.6 is 0 Å². The molecule has 6 unspecified atom stereocenters. The number of allylic oxidation sites excluding steroid dienone is 4. The maximum Gasteiger partial charge on any atom is 0.317 e. The number of methoxy groups -OCH3 is 2.